The largest absolute Gasteiger partial charge is 0.462 e. The minimum Gasteiger partial charge on any atom is -0.462 e. The monoisotopic (exact) mass is 331 g/mol. The first-order valence-corrected chi connectivity index (χ1v) is 7.48. The number of halogens is 1. The van der Waals surface area contributed by atoms with Crippen LogP contribution in [0.2, 0.25) is 0 Å². The molecule has 0 N–H and O–H groups in total. The van der Waals surface area contributed by atoms with Gasteiger partial charge in [-0.2, -0.15) is 0 Å². The molecule has 0 bridgehead atoms. The van der Waals surface area contributed by atoms with Gasteiger partial charge in [-0.05, 0) is 19.9 Å². The van der Waals surface area contributed by atoms with Crippen LogP contribution < -0.4 is 4.90 Å². The third kappa shape index (κ3) is 2.59. The lowest BCUT2D eigenvalue weighted by molar-refractivity contribution is -0.116. The zero-order valence-electron chi connectivity index (χ0n) is 10.2. The Hall–Kier alpha value is -0.880. The second-order valence-corrected chi connectivity index (χ2v) is 6.63. The van der Waals surface area contributed by atoms with E-state index in [0.29, 0.717) is 30.1 Å². The zero-order chi connectivity index (χ0) is 13.3. The fourth-order valence-electron chi connectivity index (χ4n) is 1.92. The van der Waals surface area contributed by atoms with Crippen LogP contribution >= 0.6 is 27.3 Å². The van der Waals surface area contributed by atoms with E-state index in [1.165, 1.54) is 11.3 Å². The molecule has 0 aromatic carbocycles. The lowest BCUT2D eigenvalue weighted by Gasteiger charge is -2.15. The SMILES string of the molecule is CCOC(=O)c1cc(C)sc1N1CC(Br)CC1=O. The predicted octanol–water partition coefficient (Wildman–Crippen LogP) is 2.73. The number of anilines is 1. The lowest BCUT2D eigenvalue weighted by Crippen LogP contribution is -2.25. The maximum atomic E-state index is 11.9. The quantitative estimate of drug-likeness (QED) is 0.632. The van der Waals surface area contributed by atoms with Gasteiger partial charge in [-0.25, -0.2) is 4.79 Å². The molecular weight excluding hydrogens is 318 g/mol. The fraction of sp³-hybridized carbons (Fsp3) is 0.500. The molecule has 1 aromatic heterocycles. The van der Waals surface area contributed by atoms with Crippen LogP contribution in [0.1, 0.15) is 28.6 Å². The first-order valence-electron chi connectivity index (χ1n) is 5.75. The highest BCUT2D eigenvalue weighted by molar-refractivity contribution is 9.09. The van der Waals surface area contributed by atoms with Crippen LogP contribution in [-0.4, -0.2) is 29.9 Å². The number of hydrogen-bond donors (Lipinski definition) is 0. The van der Waals surface area contributed by atoms with Crippen molar-refractivity contribution in [2.45, 2.75) is 25.1 Å². The Bertz CT molecular complexity index is 486. The molecule has 6 heteroatoms. The Kier molecular flexibility index (Phi) is 4.07. The Balaban J connectivity index is 2.33. The smallest absolute Gasteiger partial charge is 0.341 e. The van der Waals surface area contributed by atoms with Gasteiger partial charge in [0.05, 0.1) is 12.2 Å². The molecule has 0 aliphatic carbocycles. The van der Waals surface area contributed by atoms with E-state index in [2.05, 4.69) is 15.9 Å². The van der Waals surface area contributed by atoms with Crippen LogP contribution in [0, 0.1) is 6.92 Å². The van der Waals surface area contributed by atoms with Gasteiger partial charge in [-0.1, -0.05) is 15.9 Å². The van der Waals surface area contributed by atoms with Gasteiger partial charge in [0.1, 0.15) is 5.00 Å². The maximum Gasteiger partial charge on any atom is 0.341 e. The Morgan fingerprint density at radius 1 is 1.67 bits per heavy atom. The first-order chi connectivity index (χ1) is 8.52. The summed E-state index contributed by atoms with van der Waals surface area (Å²) < 4.78 is 5.02. The molecule has 98 valence electrons. The third-order valence-corrected chi connectivity index (χ3v) is 4.34. The summed E-state index contributed by atoms with van der Waals surface area (Å²) in [5, 5.41) is 0.706. The van der Waals surface area contributed by atoms with E-state index in [-0.39, 0.29) is 16.7 Å². The van der Waals surface area contributed by atoms with E-state index in [1.54, 1.807) is 17.9 Å². The molecule has 1 aliphatic rings. The summed E-state index contributed by atoms with van der Waals surface area (Å²) >= 11 is 4.90. The number of amides is 1. The van der Waals surface area contributed by atoms with Crippen molar-refractivity contribution in [3.05, 3.63) is 16.5 Å². The second kappa shape index (κ2) is 5.40. The number of rotatable bonds is 3. The molecule has 1 atom stereocenters. The summed E-state index contributed by atoms with van der Waals surface area (Å²) in [6.45, 7) is 4.63. The topological polar surface area (TPSA) is 46.6 Å². The van der Waals surface area contributed by atoms with Crippen molar-refractivity contribution in [3.8, 4) is 0 Å². The Morgan fingerprint density at radius 3 is 2.94 bits per heavy atom. The summed E-state index contributed by atoms with van der Waals surface area (Å²) in [4.78, 5) is 26.6. The van der Waals surface area contributed by atoms with Gasteiger partial charge in [-0.15, -0.1) is 11.3 Å². The summed E-state index contributed by atoms with van der Waals surface area (Å²) in [7, 11) is 0. The van der Waals surface area contributed by atoms with Gasteiger partial charge < -0.3 is 9.64 Å². The van der Waals surface area contributed by atoms with Crippen molar-refractivity contribution < 1.29 is 14.3 Å². The molecule has 1 aliphatic heterocycles. The third-order valence-electron chi connectivity index (χ3n) is 2.65. The van der Waals surface area contributed by atoms with Crippen LogP contribution in [0.15, 0.2) is 6.07 Å². The second-order valence-electron chi connectivity index (χ2n) is 4.10. The van der Waals surface area contributed by atoms with Crippen LogP contribution in [0.5, 0.6) is 0 Å². The molecule has 0 saturated carbocycles. The standard InChI is InChI=1S/C12H14BrNO3S/c1-3-17-12(16)9-4-7(2)18-11(9)14-6-8(13)5-10(14)15/h4,8H,3,5-6H2,1-2H3. The minimum atomic E-state index is -0.359. The van der Waals surface area contributed by atoms with Crippen molar-refractivity contribution in [3.63, 3.8) is 0 Å². The number of carbonyl (C=O) groups is 2. The molecule has 1 saturated heterocycles. The van der Waals surface area contributed by atoms with Crippen LogP contribution in [0.25, 0.3) is 0 Å². The first kappa shape index (κ1) is 13.5. The number of alkyl halides is 1. The van der Waals surface area contributed by atoms with Crippen LogP contribution in [-0.2, 0) is 9.53 Å². The summed E-state index contributed by atoms with van der Waals surface area (Å²) in [5.74, 6) is -0.313. The molecule has 2 rings (SSSR count). The molecule has 1 amide bonds. The fourth-order valence-corrected chi connectivity index (χ4v) is 3.50. The van der Waals surface area contributed by atoms with Crippen LogP contribution in [0.4, 0.5) is 5.00 Å². The average Bonchev–Trinajstić information content (AvgIpc) is 2.82. The highest BCUT2D eigenvalue weighted by atomic mass is 79.9. The minimum absolute atomic E-state index is 0.0456. The van der Waals surface area contributed by atoms with E-state index in [9.17, 15) is 9.59 Å². The molecule has 0 radical (unpaired) electrons. The lowest BCUT2D eigenvalue weighted by atomic mass is 10.3. The van der Waals surface area contributed by atoms with Gasteiger partial charge >= 0.3 is 5.97 Å². The number of aryl methyl sites for hydroxylation is 1. The zero-order valence-corrected chi connectivity index (χ0v) is 12.6. The van der Waals surface area contributed by atoms with Crippen molar-refractivity contribution in [1.82, 2.24) is 0 Å². The molecule has 1 fully saturated rings. The van der Waals surface area contributed by atoms with E-state index >= 15 is 0 Å². The molecule has 1 unspecified atom stereocenters. The predicted molar refractivity (Wildman–Crippen MR) is 74.7 cm³/mol. The molecule has 0 spiro atoms. The van der Waals surface area contributed by atoms with Gasteiger partial charge in [0, 0.05) is 22.7 Å². The molecular formula is C12H14BrNO3S. The van der Waals surface area contributed by atoms with Crippen LogP contribution in [0.3, 0.4) is 0 Å². The Morgan fingerprint density at radius 2 is 2.39 bits per heavy atom. The maximum absolute atomic E-state index is 11.9. The highest BCUT2D eigenvalue weighted by Gasteiger charge is 2.32. The molecule has 2 heterocycles. The van der Waals surface area contributed by atoms with Gasteiger partial charge in [0.15, 0.2) is 0 Å². The number of hydrogen-bond acceptors (Lipinski definition) is 4. The molecule has 4 nitrogen and oxygen atoms in total. The summed E-state index contributed by atoms with van der Waals surface area (Å²) in [6.07, 6.45) is 0.471. The number of thiophene rings is 1. The molecule has 18 heavy (non-hydrogen) atoms. The summed E-state index contributed by atoms with van der Waals surface area (Å²) in [6, 6.07) is 1.78. The van der Waals surface area contributed by atoms with E-state index in [4.69, 9.17) is 4.74 Å². The average molecular weight is 332 g/mol. The van der Waals surface area contributed by atoms with E-state index in [1.807, 2.05) is 6.92 Å². The number of ether oxygens (including phenoxy) is 1. The Labute approximate surface area is 118 Å². The summed E-state index contributed by atoms with van der Waals surface area (Å²) in [5.41, 5.74) is 0.495. The van der Waals surface area contributed by atoms with E-state index < -0.39 is 0 Å². The molecule has 1 aromatic rings. The highest BCUT2D eigenvalue weighted by Crippen LogP contribution is 2.35. The van der Waals surface area contributed by atoms with Crippen molar-refractivity contribution in [1.29, 1.82) is 0 Å². The van der Waals surface area contributed by atoms with Gasteiger partial charge in [-0.3, -0.25) is 4.79 Å². The number of esters is 1. The van der Waals surface area contributed by atoms with Gasteiger partial charge in [0.2, 0.25) is 5.91 Å². The van der Waals surface area contributed by atoms with E-state index in [0.717, 1.165) is 4.88 Å². The number of carbonyl (C=O) groups excluding carboxylic acids is 2. The van der Waals surface area contributed by atoms with Crippen molar-refractivity contribution >= 4 is 44.1 Å². The van der Waals surface area contributed by atoms with Crippen molar-refractivity contribution in [2.24, 2.45) is 0 Å². The van der Waals surface area contributed by atoms with Crippen molar-refractivity contribution in [2.75, 3.05) is 18.1 Å². The normalized spacial score (nSPS) is 19.4. The number of nitrogens with zero attached hydrogens (tertiary/aromatic N) is 1. The van der Waals surface area contributed by atoms with Gasteiger partial charge in [0.25, 0.3) is 0 Å².